The maximum atomic E-state index is 5.25. The first-order valence-electron chi connectivity index (χ1n) is 6.24. The standard InChI is InChI=1S/C13H12N6OS/c1-2-8-19-13(15-17-18-19)21-9-11-14-12(20-16-11)10-6-4-3-5-7-10/h2-7H,1,8-9H2. The largest absolute Gasteiger partial charge is 0.334 e. The lowest BCUT2D eigenvalue weighted by atomic mass is 10.2. The van der Waals surface area contributed by atoms with E-state index in [1.807, 2.05) is 30.3 Å². The molecule has 0 saturated carbocycles. The Labute approximate surface area is 125 Å². The Balaban J connectivity index is 1.68. The Morgan fingerprint density at radius 3 is 2.95 bits per heavy atom. The average molecular weight is 300 g/mol. The van der Waals surface area contributed by atoms with Crippen LogP contribution in [-0.4, -0.2) is 30.3 Å². The number of tetrazole rings is 1. The van der Waals surface area contributed by atoms with Crippen LogP contribution in [0.2, 0.25) is 0 Å². The normalized spacial score (nSPS) is 10.7. The quantitative estimate of drug-likeness (QED) is 0.509. The van der Waals surface area contributed by atoms with Gasteiger partial charge in [-0.1, -0.05) is 41.2 Å². The van der Waals surface area contributed by atoms with Crippen molar-refractivity contribution in [1.29, 1.82) is 0 Å². The van der Waals surface area contributed by atoms with Gasteiger partial charge in [-0.3, -0.25) is 0 Å². The van der Waals surface area contributed by atoms with Crippen LogP contribution in [-0.2, 0) is 12.3 Å². The number of nitrogens with zero attached hydrogens (tertiary/aromatic N) is 6. The topological polar surface area (TPSA) is 82.5 Å². The van der Waals surface area contributed by atoms with E-state index in [1.54, 1.807) is 10.8 Å². The Kier molecular flexibility index (Phi) is 4.06. The second-order valence-corrected chi connectivity index (χ2v) is 5.05. The molecular formula is C13H12N6OS. The molecule has 0 unspecified atom stereocenters. The van der Waals surface area contributed by atoms with Gasteiger partial charge < -0.3 is 4.52 Å². The fourth-order valence-electron chi connectivity index (χ4n) is 1.68. The van der Waals surface area contributed by atoms with E-state index in [1.165, 1.54) is 11.8 Å². The van der Waals surface area contributed by atoms with Crippen LogP contribution in [0.5, 0.6) is 0 Å². The molecule has 8 heteroatoms. The number of allylic oxidation sites excluding steroid dienone is 1. The van der Waals surface area contributed by atoms with Crippen molar-refractivity contribution in [2.24, 2.45) is 0 Å². The van der Waals surface area contributed by atoms with E-state index in [0.29, 0.717) is 29.2 Å². The van der Waals surface area contributed by atoms with Crippen molar-refractivity contribution >= 4 is 11.8 Å². The lowest BCUT2D eigenvalue weighted by Crippen LogP contribution is -2.00. The zero-order valence-electron chi connectivity index (χ0n) is 11.1. The molecule has 7 nitrogen and oxygen atoms in total. The lowest BCUT2D eigenvalue weighted by Gasteiger charge is -1.98. The Bertz CT molecular complexity index is 723. The lowest BCUT2D eigenvalue weighted by molar-refractivity contribution is 0.425. The third kappa shape index (κ3) is 3.16. The molecule has 0 radical (unpaired) electrons. The van der Waals surface area contributed by atoms with E-state index in [9.17, 15) is 0 Å². The summed E-state index contributed by atoms with van der Waals surface area (Å²) < 4.78 is 6.91. The van der Waals surface area contributed by atoms with Gasteiger partial charge in [0.05, 0.1) is 12.3 Å². The summed E-state index contributed by atoms with van der Waals surface area (Å²) in [6.07, 6.45) is 1.74. The first kappa shape index (κ1) is 13.5. The molecular weight excluding hydrogens is 288 g/mol. The van der Waals surface area contributed by atoms with Crippen molar-refractivity contribution in [1.82, 2.24) is 30.3 Å². The average Bonchev–Trinajstić information content (AvgIpc) is 3.16. The third-order valence-electron chi connectivity index (χ3n) is 2.62. The maximum absolute atomic E-state index is 5.25. The smallest absolute Gasteiger partial charge is 0.257 e. The number of thioether (sulfide) groups is 1. The molecule has 0 saturated heterocycles. The van der Waals surface area contributed by atoms with Gasteiger partial charge in [0.2, 0.25) is 5.16 Å². The number of rotatable bonds is 6. The van der Waals surface area contributed by atoms with Gasteiger partial charge in [0.25, 0.3) is 5.89 Å². The zero-order valence-corrected chi connectivity index (χ0v) is 11.9. The second-order valence-electron chi connectivity index (χ2n) is 4.10. The predicted molar refractivity (Wildman–Crippen MR) is 77.3 cm³/mol. The molecule has 2 heterocycles. The van der Waals surface area contributed by atoms with Gasteiger partial charge in [0.15, 0.2) is 5.82 Å². The molecule has 0 N–H and O–H groups in total. The first-order valence-corrected chi connectivity index (χ1v) is 7.23. The van der Waals surface area contributed by atoms with Gasteiger partial charge in [0, 0.05) is 5.56 Å². The highest BCUT2D eigenvalue weighted by molar-refractivity contribution is 7.98. The van der Waals surface area contributed by atoms with Crippen molar-refractivity contribution in [3.63, 3.8) is 0 Å². The summed E-state index contributed by atoms with van der Waals surface area (Å²) in [5, 5.41) is 16.1. The SMILES string of the molecule is C=CCn1nnnc1SCc1noc(-c2ccccc2)n1. The molecule has 2 aromatic heterocycles. The molecule has 106 valence electrons. The summed E-state index contributed by atoms with van der Waals surface area (Å²) in [5.41, 5.74) is 0.901. The van der Waals surface area contributed by atoms with Crippen LogP contribution >= 0.6 is 11.8 Å². The zero-order chi connectivity index (χ0) is 14.5. The van der Waals surface area contributed by atoms with Crippen LogP contribution < -0.4 is 0 Å². The Morgan fingerprint density at radius 2 is 2.14 bits per heavy atom. The van der Waals surface area contributed by atoms with Crippen molar-refractivity contribution in [2.75, 3.05) is 0 Å². The van der Waals surface area contributed by atoms with Gasteiger partial charge in [-0.2, -0.15) is 4.98 Å². The first-order chi connectivity index (χ1) is 10.4. The Hall–Kier alpha value is -2.48. The number of hydrogen-bond donors (Lipinski definition) is 0. The minimum absolute atomic E-state index is 0.511. The van der Waals surface area contributed by atoms with Gasteiger partial charge in [-0.25, -0.2) is 4.68 Å². The minimum atomic E-state index is 0.511. The summed E-state index contributed by atoms with van der Waals surface area (Å²) >= 11 is 1.45. The van der Waals surface area contributed by atoms with Crippen LogP contribution in [0.1, 0.15) is 5.82 Å². The van der Waals surface area contributed by atoms with Crippen molar-refractivity contribution in [2.45, 2.75) is 17.5 Å². The van der Waals surface area contributed by atoms with E-state index >= 15 is 0 Å². The molecule has 1 aromatic carbocycles. The Morgan fingerprint density at radius 1 is 1.29 bits per heavy atom. The van der Waals surface area contributed by atoms with Gasteiger partial charge in [0.1, 0.15) is 0 Å². The molecule has 3 rings (SSSR count). The molecule has 0 spiro atoms. The summed E-state index contributed by atoms with van der Waals surface area (Å²) in [6.45, 7) is 4.23. The minimum Gasteiger partial charge on any atom is -0.334 e. The molecule has 21 heavy (non-hydrogen) atoms. The van der Waals surface area contributed by atoms with Crippen LogP contribution in [0.15, 0.2) is 52.7 Å². The summed E-state index contributed by atoms with van der Waals surface area (Å²) in [5.74, 6) is 1.65. The highest BCUT2D eigenvalue weighted by atomic mass is 32.2. The van der Waals surface area contributed by atoms with Crippen molar-refractivity contribution < 1.29 is 4.52 Å². The van der Waals surface area contributed by atoms with Gasteiger partial charge >= 0.3 is 0 Å². The third-order valence-corrected chi connectivity index (χ3v) is 3.57. The number of benzene rings is 1. The van der Waals surface area contributed by atoms with Crippen molar-refractivity contribution in [3.05, 3.63) is 48.8 Å². The maximum Gasteiger partial charge on any atom is 0.257 e. The van der Waals surface area contributed by atoms with Crippen LogP contribution in [0, 0.1) is 0 Å². The number of hydrogen-bond acceptors (Lipinski definition) is 7. The predicted octanol–water partition coefficient (Wildman–Crippen LogP) is 2.20. The highest BCUT2D eigenvalue weighted by Gasteiger charge is 2.11. The second kappa shape index (κ2) is 6.31. The van der Waals surface area contributed by atoms with Gasteiger partial charge in [-0.15, -0.1) is 11.7 Å². The summed E-state index contributed by atoms with van der Waals surface area (Å²) in [7, 11) is 0. The van der Waals surface area contributed by atoms with E-state index < -0.39 is 0 Å². The molecule has 0 atom stereocenters. The van der Waals surface area contributed by atoms with Crippen LogP contribution in [0.25, 0.3) is 11.5 Å². The fourth-order valence-corrected chi connectivity index (χ4v) is 2.41. The van der Waals surface area contributed by atoms with E-state index in [0.717, 1.165) is 5.56 Å². The van der Waals surface area contributed by atoms with Crippen LogP contribution in [0.4, 0.5) is 0 Å². The molecule has 0 aliphatic rings. The monoisotopic (exact) mass is 300 g/mol. The summed E-state index contributed by atoms with van der Waals surface area (Å²) in [4.78, 5) is 4.36. The molecule has 0 aliphatic carbocycles. The summed E-state index contributed by atoms with van der Waals surface area (Å²) in [6, 6.07) is 9.65. The highest BCUT2D eigenvalue weighted by Crippen LogP contribution is 2.21. The van der Waals surface area contributed by atoms with Crippen LogP contribution in [0.3, 0.4) is 0 Å². The molecule has 0 bridgehead atoms. The van der Waals surface area contributed by atoms with E-state index in [-0.39, 0.29) is 0 Å². The molecule has 3 aromatic rings. The van der Waals surface area contributed by atoms with Crippen molar-refractivity contribution in [3.8, 4) is 11.5 Å². The fraction of sp³-hybridized carbons (Fsp3) is 0.154. The van der Waals surface area contributed by atoms with E-state index in [2.05, 4.69) is 32.2 Å². The number of aromatic nitrogens is 6. The molecule has 0 fully saturated rings. The molecule has 0 aliphatic heterocycles. The molecule has 0 amide bonds. The van der Waals surface area contributed by atoms with E-state index in [4.69, 9.17) is 4.52 Å². The van der Waals surface area contributed by atoms with Gasteiger partial charge in [-0.05, 0) is 22.6 Å².